The summed E-state index contributed by atoms with van der Waals surface area (Å²) in [7, 11) is 1.56. The molecule has 0 aromatic heterocycles. The molecule has 0 aliphatic rings. The van der Waals surface area contributed by atoms with Gasteiger partial charge in [-0.1, -0.05) is 30.3 Å². The van der Waals surface area contributed by atoms with Gasteiger partial charge in [-0.15, -0.1) is 0 Å². The van der Waals surface area contributed by atoms with E-state index in [1.54, 1.807) is 7.11 Å². The molecule has 1 rings (SSSR count). The number of rotatable bonds is 8. The molecule has 1 unspecified atom stereocenters. The second-order valence-electron chi connectivity index (χ2n) is 3.98. The van der Waals surface area contributed by atoms with Gasteiger partial charge in [-0.25, -0.2) is 0 Å². The van der Waals surface area contributed by atoms with Gasteiger partial charge >= 0.3 is 0 Å². The molecule has 0 bridgehead atoms. The van der Waals surface area contributed by atoms with Crippen molar-refractivity contribution in [3.8, 4) is 0 Å². The average Bonchev–Trinajstić information content (AvgIpc) is 2.42. The fourth-order valence-electron chi connectivity index (χ4n) is 1.47. The van der Waals surface area contributed by atoms with Crippen LogP contribution in [-0.4, -0.2) is 43.9 Å². The molecular formula is C13H20N2O3. The van der Waals surface area contributed by atoms with Crippen LogP contribution in [0.5, 0.6) is 0 Å². The van der Waals surface area contributed by atoms with Gasteiger partial charge in [-0.2, -0.15) is 0 Å². The summed E-state index contributed by atoms with van der Waals surface area (Å²) in [4.78, 5) is 11.5. The molecule has 3 N–H and O–H groups in total. The molecule has 18 heavy (non-hydrogen) atoms. The fraction of sp³-hybridized carbons (Fsp3) is 0.462. The van der Waals surface area contributed by atoms with Crippen LogP contribution in [0.1, 0.15) is 5.56 Å². The maximum atomic E-state index is 11.5. The average molecular weight is 252 g/mol. The number of nitrogens with one attached hydrogen (secondary N) is 2. The van der Waals surface area contributed by atoms with Crippen LogP contribution in [0.3, 0.4) is 0 Å². The SMILES string of the molecule is COCC(CO)NCC(=O)NCc1ccccc1. The largest absolute Gasteiger partial charge is 0.395 e. The summed E-state index contributed by atoms with van der Waals surface area (Å²) in [5.74, 6) is -0.103. The van der Waals surface area contributed by atoms with Crippen LogP contribution >= 0.6 is 0 Å². The Kier molecular flexibility index (Phi) is 7.01. The highest BCUT2D eigenvalue weighted by atomic mass is 16.5. The predicted octanol–water partition coefficient (Wildman–Crippen LogP) is -0.100. The van der Waals surface area contributed by atoms with Crippen molar-refractivity contribution >= 4 is 5.91 Å². The molecule has 5 nitrogen and oxygen atoms in total. The monoisotopic (exact) mass is 252 g/mol. The van der Waals surface area contributed by atoms with E-state index in [1.165, 1.54) is 0 Å². The van der Waals surface area contributed by atoms with Gasteiger partial charge in [-0.3, -0.25) is 4.79 Å². The lowest BCUT2D eigenvalue weighted by molar-refractivity contribution is -0.120. The number of carbonyl (C=O) groups is 1. The van der Waals surface area contributed by atoms with Gasteiger partial charge in [0.1, 0.15) is 0 Å². The number of hydrogen-bond donors (Lipinski definition) is 3. The molecule has 0 spiro atoms. The molecule has 5 heteroatoms. The zero-order valence-corrected chi connectivity index (χ0v) is 10.6. The van der Waals surface area contributed by atoms with Gasteiger partial charge in [-0.05, 0) is 5.56 Å². The molecule has 1 atom stereocenters. The molecule has 0 fully saturated rings. The number of carbonyl (C=O) groups excluding carboxylic acids is 1. The lowest BCUT2D eigenvalue weighted by atomic mass is 10.2. The molecule has 1 aromatic rings. The van der Waals surface area contributed by atoms with E-state index in [-0.39, 0.29) is 25.1 Å². The Bertz CT molecular complexity index is 343. The first-order chi connectivity index (χ1) is 8.76. The molecule has 0 heterocycles. The Morgan fingerprint density at radius 3 is 2.72 bits per heavy atom. The highest BCUT2D eigenvalue weighted by Gasteiger charge is 2.08. The number of methoxy groups -OCH3 is 1. The van der Waals surface area contributed by atoms with Crippen molar-refractivity contribution in [1.29, 1.82) is 0 Å². The second-order valence-corrected chi connectivity index (χ2v) is 3.98. The second kappa shape index (κ2) is 8.63. The van der Waals surface area contributed by atoms with E-state index in [9.17, 15) is 4.79 Å². The zero-order chi connectivity index (χ0) is 13.2. The van der Waals surface area contributed by atoms with Crippen LogP contribution in [0.4, 0.5) is 0 Å². The predicted molar refractivity (Wildman–Crippen MR) is 69.0 cm³/mol. The van der Waals surface area contributed by atoms with Crippen molar-refractivity contribution < 1.29 is 14.6 Å². The topological polar surface area (TPSA) is 70.6 Å². The van der Waals surface area contributed by atoms with Crippen LogP contribution in [0.2, 0.25) is 0 Å². The lowest BCUT2D eigenvalue weighted by Crippen LogP contribution is -2.42. The Hall–Kier alpha value is -1.43. The Labute approximate surface area is 107 Å². The minimum atomic E-state index is -0.211. The third-order valence-electron chi connectivity index (χ3n) is 2.47. The minimum Gasteiger partial charge on any atom is -0.395 e. The van der Waals surface area contributed by atoms with Gasteiger partial charge < -0.3 is 20.5 Å². The molecule has 0 saturated carbocycles. The number of amides is 1. The van der Waals surface area contributed by atoms with Gasteiger partial charge in [0.05, 0.1) is 25.8 Å². The lowest BCUT2D eigenvalue weighted by Gasteiger charge is -2.14. The number of aliphatic hydroxyl groups is 1. The highest BCUT2D eigenvalue weighted by Crippen LogP contribution is 1.96. The standard InChI is InChI=1S/C13H20N2O3/c1-18-10-12(9-16)14-8-13(17)15-7-11-5-3-2-4-6-11/h2-6,12,14,16H,7-10H2,1H3,(H,15,17). The molecule has 1 aromatic carbocycles. The molecule has 100 valence electrons. The van der Waals surface area contributed by atoms with Gasteiger partial charge in [0.25, 0.3) is 0 Å². The Morgan fingerprint density at radius 2 is 2.11 bits per heavy atom. The van der Waals surface area contributed by atoms with E-state index in [2.05, 4.69) is 10.6 Å². The van der Waals surface area contributed by atoms with Gasteiger partial charge in [0.2, 0.25) is 5.91 Å². The first-order valence-corrected chi connectivity index (χ1v) is 5.90. The molecule has 0 aliphatic carbocycles. The van der Waals surface area contributed by atoms with Crippen molar-refractivity contribution in [2.75, 3.05) is 26.9 Å². The van der Waals surface area contributed by atoms with E-state index < -0.39 is 0 Å². The van der Waals surface area contributed by atoms with Crippen molar-refractivity contribution in [2.24, 2.45) is 0 Å². The number of hydrogen-bond acceptors (Lipinski definition) is 4. The summed E-state index contributed by atoms with van der Waals surface area (Å²) >= 11 is 0. The van der Waals surface area contributed by atoms with Crippen LogP contribution in [0, 0.1) is 0 Å². The van der Waals surface area contributed by atoms with Crippen LogP contribution in [-0.2, 0) is 16.1 Å². The van der Waals surface area contributed by atoms with Crippen molar-refractivity contribution in [1.82, 2.24) is 10.6 Å². The van der Waals surface area contributed by atoms with Crippen molar-refractivity contribution in [3.63, 3.8) is 0 Å². The molecule has 0 radical (unpaired) electrons. The maximum Gasteiger partial charge on any atom is 0.234 e. The normalized spacial score (nSPS) is 12.1. The third kappa shape index (κ3) is 5.77. The maximum absolute atomic E-state index is 11.5. The first kappa shape index (κ1) is 14.6. The number of ether oxygens (including phenoxy) is 1. The van der Waals surface area contributed by atoms with E-state index in [0.717, 1.165) is 5.56 Å². The fourth-order valence-corrected chi connectivity index (χ4v) is 1.47. The van der Waals surface area contributed by atoms with Crippen molar-refractivity contribution in [2.45, 2.75) is 12.6 Å². The van der Waals surface area contributed by atoms with Crippen LogP contribution < -0.4 is 10.6 Å². The Balaban J connectivity index is 2.21. The van der Waals surface area contributed by atoms with E-state index >= 15 is 0 Å². The quantitative estimate of drug-likeness (QED) is 0.604. The van der Waals surface area contributed by atoms with Gasteiger partial charge in [0, 0.05) is 13.7 Å². The van der Waals surface area contributed by atoms with E-state index in [1.807, 2.05) is 30.3 Å². The van der Waals surface area contributed by atoms with Gasteiger partial charge in [0.15, 0.2) is 0 Å². The van der Waals surface area contributed by atoms with Crippen LogP contribution in [0.15, 0.2) is 30.3 Å². The minimum absolute atomic E-state index is 0.0557. The first-order valence-electron chi connectivity index (χ1n) is 5.90. The summed E-state index contributed by atoms with van der Waals surface area (Å²) in [6.45, 7) is 0.999. The molecular weight excluding hydrogens is 232 g/mol. The summed E-state index contributed by atoms with van der Waals surface area (Å²) in [5.41, 5.74) is 1.06. The zero-order valence-electron chi connectivity index (χ0n) is 10.6. The summed E-state index contributed by atoms with van der Waals surface area (Å²) < 4.78 is 4.90. The molecule has 0 aliphatic heterocycles. The Morgan fingerprint density at radius 1 is 1.39 bits per heavy atom. The number of benzene rings is 1. The summed E-state index contributed by atoms with van der Waals surface area (Å²) in [6.07, 6.45) is 0. The third-order valence-corrected chi connectivity index (χ3v) is 2.47. The smallest absolute Gasteiger partial charge is 0.234 e. The van der Waals surface area contributed by atoms with E-state index in [0.29, 0.717) is 13.2 Å². The number of aliphatic hydroxyl groups excluding tert-OH is 1. The highest BCUT2D eigenvalue weighted by molar-refractivity contribution is 5.78. The van der Waals surface area contributed by atoms with Crippen molar-refractivity contribution in [3.05, 3.63) is 35.9 Å². The van der Waals surface area contributed by atoms with E-state index in [4.69, 9.17) is 9.84 Å². The summed E-state index contributed by atoms with van der Waals surface area (Å²) in [6, 6.07) is 9.49. The molecule has 1 amide bonds. The molecule has 0 saturated heterocycles. The summed E-state index contributed by atoms with van der Waals surface area (Å²) in [5, 5.41) is 14.7. The van der Waals surface area contributed by atoms with Crippen LogP contribution in [0.25, 0.3) is 0 Å².